The summed E-state index contributed by atoms with van der Waals surface area (Å²) >= 11 is 0. The van der Waals surface area contributed by atoms with Gasteiger partial charge in [0.05, 0.1) is 12.8 Å². The van der Waals surface area contributed by atoms with Crippen molar-refractivity contribution in [2.24, 2.45) is 5.10 Å². The van der Waals surface area contributed by atoms with E-state index < -0.39 is 5.91 Å². The van der Waals surface area contributed by atoms with E-state index in [0.29, 0.717) is 29.2 Å². The Hall–Kier alpha value is -4.74. The number of nitrogens with one attached hydrogen (secondary N) is 1. The summed E-state index contributed by atoms with van der Waals surface area (Å²) in [4.78, 5) is 12.9. The molecule has 32 heavy (non-hydrogen) atoms. The summed E-state index contributed by atoms with van der Waals surface area (Å²) in [5, 5.41) is 28.6. The summed E-state index contributed by atoms with van der Waals surface area (Å²) < 4.78 is 11.5. The van der Waals surface area contributed by atoms with Gasteiger partial charge < -0.3 is 15.6 Å². The molecule has 1 amide bonds. The van der Waals surface area contributed by atoms with Gasteiger partial charge in [-0.05, 0) is 59.2 Å². The molecule has 0 saturated heterocycles. The van der Waals surface area contributed by atoms with Crippen LogP contribution in [0.15, 0.2) is 58.3 Å². The van der Waals surface area contributed by atoms with Crippen LogP contribution >= 0.6 is 0 Å². The Morgan fingerprint density at radius 1 is 1.28 bits per heavy atom. The standard InChI is InChI=1S/C20H18N8O4/c1-2-31-15-5-3-4-13(10-15)17-16(23-27-28(17)19-18(21)25-32-26-19)20(30)24-22-11-12-6-8-14(29)9-7-12/h3-11,29H,2H2,1H3,(H2,21,25)(H,24,30). The molecule has 2 aromatic heterocycles. The van der Waals surface area contributed by atoms with Crippen LogP contribution in [0.2, 0.25) is 0 Å². The molecule has 0 aliphatic heterocycles. The number of nitrogen functional groups attached to an aromatic ring is 1. The van der Waals surface area contributed by atoms with Crippen LogP contribution in [-0.4, -0.2) is 49.1 Å². The van der Waals surface area contributed by atoms with Crippen LogP contribution in [0.4, 0.5) is 5.82 Å². The summed E-state index contributed by atoms with van der Waals surface area (Å²) in [6.07, 6.45) is 1.43. The lowest BCUT2D eigenvalue weighted by Crippen LogP contribution is -2.19. The van der Waals surface area contributed by atoms with Crippen molar-refractivity contribution in [2.75, 3.05) is 12.3 Å². The van der Waals surface area contributed by atoms with Gasteiger partial charge in [-0.15, -0.1) is 5.10 Å². The first-order valence-corrected chi connectivity index (χ1v) is 9.46. The Bertz CT molecular complexity index is 1260. The van der Waals surface area contributed by atoms with Gasteiger partial charge in [-0.2, -0.15) is 9.78 Å². The van der Waals surface area contributed by atoms with Gasteiger partial charge in [0.1, 0.15) is 17.2 Å². The number of ether oxygens (including phenoxy) is 1. The minimum atomic E-state index is -0.613. The van der Waals surface area contributed by atoms with Crippen LogP contribution in [0.3, 0.4) is 0 Å². The second-order valence-electron chi connectivity index (χ2n) is 6.42. The predicted molar refractivity (Wildman–Crippen MR) is 113 cm³/mol. The molecule has 12 heteroatoms. The topological polar surface area (TPSA) is 167 Å². The number of nitrogens with two attached hydrogens (primary N) is 1. The van der Waals surface area contributed by atoms with Gasteiger partial charge in [0, 0.05) is 5.56 Å². The summed E-state index contributed by atoms with van der Waals surface area (Å²) in [7, 11) is 0. The molecule has 2 aromatic carbocycles. The molecule has 0 radical (unpaired) electrons. The van der Waals surface area contributed by atoms with Crippen LogP contribution in [-0.2, 0) is 0 Å². The summed E-state index contributed by atoms with van der Waals surface area (Å²) in [6.45, 7) is 2.34. The van der Waals surface area contributed by atoms with Crippen molar-refractivity contribution in [1.82, 2.24) is 30.7 Å². The average Bonchev–Trinajstić information content (AvgIpc) is 3.41. The molecule has 0 unspecified atom stereocenters. The van der Waals surface area contributed by atoms with Crippen molar-refractivity contribution in [3.63, 3.8) is 0 Å². The summed E-state index contributed by atoms with van der Waals surface area (Å²) in [6, 6.07) is 13.4. The number of amides is 1. The zero-order chi connectivity index (χ0) is 22.5. The highest BCUT2D eigenvalue weighted by molar-refractivity contribution is 5.99. The Balaban J connectivity index is 1.69. The van der Waals surface area contributed by atoms with Crippen molar-refractivity contribution in [2.45, 2.75) is 6.92 Å². The molecule has 162 valence electrons. The molecule has 0 spiro atoms. The SMILES string of the molecule is CCOc1cccc(-c2c(C(=O)NN=Cc3ccc(O)cc3)nnn2-c2nonc2N)c1. The van der Waals surface area contributed by atoms with E-state index in [0.717, 1.165) is 0 Å². The largest absolute Gasteiger partial charge is 0.508 e. The maximum absolute atomic E-state index is 12.9. The van der Waals surface area contributed by atoms with E-state index in [1.807, 2.05) is 6.92 Å². The number of phenols is 1. The molecular weight excluding hydrogens is 416 g/mol. The quantitative estimate of drug-likeness (QED) is 0.290. The van der Waals surface area contributed by atoms with Crippen molar-refractivity contribution < 1.29 is 19.3 Å². The smallest absolute Gasteiger partial charge is 0.294 e. The third kappa shape index (κ3) is 4.23. The first kappa shape index (κ1) is 20.5. The number of carbonyl (C=O) groups is 1. The fraction of sp³-hybridized carbons (Fsp3) is 0.100. The van der Waals surface area contributed by atoms with Gasteiger partial charge in [-0.3, -0.25) is 4.79 Å². The minimum Gasteiger partial charge on any atom is -0.508 e. The first-order chi connectivity index (χ1) is 15.6. The highest BCUT2D eigenvalue weighted by atomic mass is 16.6. The number of benzene rings is 2. The van der Waals surface area contributed by atoms with Crippen LogP contribution < -0.4 is 15.9 Å². The van der Waals surface area contributed by atoms with E-state index in [1.54, 1.807) is 36.4 Å². The molecule has 4 N–H and O–H groups in total. The molecule has 4 aromatic rings. The number of aromatic hydroxyl groups is 1. The van der Waals surface area contributed by atoms with Gasteiger partial charge in [0.25, 0.3) is 5.91 Å². The maximum atomic E-state index is 12.9. The van der Waals surface area contributed by atoms with E-state index in [-0.39, 0.29) is 23.1 Å². The number of phenolic OH excluding ortho intramolecular Hbond substituents is 1. The Morgan fingerprint density at radius 2 is 2.09 bits per heavy atom. The lowest BCUT2D eigenvalue weighted by Gasteiger charge is -2.08. The van der Waals surface area contributed by atoms with Gasteiger partial charge in [-0.25, -0.2) is 10.1 Å². The average molecular weight is 434 g/mol. The minimum absolute atomic E-state index is 0.0191. The molecule has 0 saturated carbocycles. The highest BCUT2D eigenvalue weighted by Gasteiger charge is 2.25. The number of aromatic nitrogens is 5. The first-order valence-electron chi connectivity index (χ1n) is 9.46. The van der Waals surface area contributed by atoms with Crippen molar-refractivity contribution >= 4 is 17.9 Å². The fourth-order valence-electron chi connectivity index (χ4n) is 2.86. The molecular formula is C20H18N8O4. The Kier molecular flexibility index (Phi) is 5.74. The van der Waals surface area contributed by atoms with E-state index in [9.17, 15) is 9.90 Å². The number of anilines is 1. The number of nitrogens with zero attached hydrogens (tertiary/aromatic N) is 6. The zero-order valence-corrected chi connectivity index (χ0v) is 16.8. The second kappa shape index (κ2) is 8.95. The molecule has 12 nitrogen and oxygen atoms in total. The summed E-state index contributed by atoms with van der Waals surface area (Å²) in [5.74, 6) is 0.178. The van der Waals surface area contributed by atoms with E-state index >= 15 is 0 Å². The predicted octanol–water partition coefficient (Wildman–Crippen LogP) is 1.77. The number of hydrazone groups is 1. The normalized spacial score (nSPS) is 11.0. The molecule has 4 rings (SSSR count). The third-order valence-electron chi connectivity index (χ3n) is 4.27. The van der Waals surface area contributed by atoms with E-state index in [1.165, 1.54) is 23.0 Å². The van der Waals surface area contributed by atoms with Crippen LogP contribution in [0, 0.1) is 0 Å². The summed E-state index contributed by atoms with van der Waals surface area (Å²) in [5.41, 5.74) is 9.76. The van der Waals surface area contributed by atoms with Crippen molar-refractivity contribution in [3.05, 3.63) is 59.8 Å². The molecule has 2 heterocycles. The van der Waals surface area contributed by atoms with E-state index in [2.05, 4.69) is 35.8 Å². The van der Waals surface area contributed by atoms with Crippen LogP contribution in [0.25, 0.3) is 17.1 Å². The van der Waals surface area contributed by atoms with Crippen LogP contribution in [0.5, 0.6) is 11.5 Å². The lowest BCUT2D eigenvalue weighted by atomic mass is 10.1. The molecule has 0 aliphatic rings. The fourth-order valence-corrected chi connectivity index (χ4v) is 2.86. The number of hydrogen-bond donors (Lipinski definition) is 3. The van der Waals surface area contributed by atoms with E-state index in [4.69, 9.17) is 10.5 Å². The molecule has 0 fully saturated rings. The molecule has 0 aliphatic carbocycles. The van der Waals surface area contributed by atoms with Gasteiger partial charge in [0.2, 0.25) is 11.6 Å². The van der Waals surface area contributed by atoms with Gasteiger partial charge in [0.15, 0.2) is 5.69 Å². The number of rotatable bonds is 7. The lowest BCUT2D eigenvalue weighted by molar-refractivity contribution is 0.0950. The third-order valence-corrected chi connectivity index (χ3v) is 4.27. The molecule has 0 atom stereocenters. The number of hydrogen-bond acceptors (Lipinski definition) is 10. The maximum Gasteiger partial charge on any atom is 0.294 e. The Morgan fingerprint density at radius 3 is 2.81 bits per heavy atom. The zero-order valence-electron chi connectivity index (χ0n) is 16.8. The van der Waals surface area contributed by atoms with Gasteiger partial charge in [-0.1, -0.05) is 17.3 Å². The van der Waals surface area contributed by atoms with Crippen molar-refractivity contribution in [1.29, 1.82) is 0 Å². The second-order valence-corrected chi connectivity index (χ2v) is 6.42. The van der Waals surface area contributed by atoms with Crippen LogP contribution in [0.1, 0.15) is 23.0 Å². The molecule has 0 bridgehead atoms. The van der Waals surface area contributed by atoms with Gasteiger partial charge >= 0.3 is 0 Å². The van der Waals surface area contributed by atoms with Crippen molar-refractivity contribution in [3.8, 4) is 28.6 Å². The Labute approximate surface area is 181 Å². The highest BCUT2D eigenvalue weighted by Crippen LogP contribution is 2.29. The monoisotopic (exact) mass is 434 g/mol. The number of carbonyl (C=O) groups excluding carboxylic acids is 1.